The van der Waals surface area contributed by atoms with Gasteiger partial charge in [-0.25, -0.2) is 0 Å². The summed E-state index contributed by atoms with van der Waals surface area (Å²) in [7, 11) is 0. The molecule has 0 saturated heterocycles. The van der Waals surface area contributed by atoms with Gasteiger partial charge in [0.15, 0.2) is 0 Å². The van der Waals surface area contributed by atoms with E-state index in [0.717, 1.165) is 19.6 Å². The summed E-state index contributed by atoms with van der Waals surface area (Å²) >= 11 is 0. The quantitative estimate of drug-likeness (QED) is 0.800. The molecule has 15 heavy (non-hydrogen) atoms. The maximum atomic E-state index is 5.70. The Balaban J connectivity index is 2.71. The van der Waals surface area contributed by atoms with Crippen molar-refractivity contribution in [3.05, 3.63) is 35.4 Å². The second-order valence-corrected chi connectivity index (χ2v) is 4.07. The van der Waals surface area contributed by atoms with E-state index in [9.17, 15) is 0 Å². The molecule has 1 atom stereocenters. The van der Waals surface area contributed by atoms with Crippen molar-refractivity contribution in [3.8, 4) is 0 Å². The zero-order valence-corrected chi connectivity index (χ0v) is 10.0. The number of benzene rings is 1. The summed E-state index contributed by atoms with van der Waals surface area (Å²) < 4.78 is 0. The van der Waals surface area contributed by atoms with Gasteiger partial charge in [-0.3, -0.25) is 4.90 Å². The Hall–Kier alpha value is -0.860. The van der Waals surface area contributed by atoms with Crippen molar-refractivity contribution < 1.29 is 0 Å². The van der Waals surface area contributed by atoms with Gasteiger partial charge in [0.2, 0.25) is 0 Å². The normalized spacial score (nSPS) is 13.1. The second-order valence-electron chi connectivity index (χ2n) is 4.07. The highest BCUT2D eigenvalue weighted by molar-refractivity contribution is 5.25. The standard InChI is InChI=1S/C13H22N2/c1-4-15(12(3)9-14)10-13-8-6-5-7-11(13)2/h5-8,12H,4,9-10,14H2,1-3H3. The van der Waals surface area contributed by atoms with Crippen LogP contribution in [0.4, 0.5) is 0 Å². The van der Waals surface area contributed by atoms with Crippen molar-refractivity contribution in [2.24, 2.45) is 5.73 Å². The van der Waals surface area contributed by atoms with Crippen molar-refractivity contribution in [2.45, 2.75) is 33.4 Å². The summed E-state index contributed by atoms with van der Waals surface area (Å²) in [6.45, 7) is 9.30. The number of nitrogens with zero attached hydrogens (tertiary/aromatic N) is 1. The number of likely N-dealkylation sites (N-methyl/N-ethyl adjacent to an activating group) is 1. The molecule has 0 spiro atoms. The molecule has 1 aromatic rings. The van der Waals surface area contributed by atoms with Gasteiger partial charge in [0.25, 0.3) is 0 Å². The van der Waals surface area contributed by atoms with E-state index in [-0.39, 0.29) is 0 Å². The lowest BCUT2D eigenvalue weighted by atomic mass is 10.1. The fourth-order valence-electron chi connectivity index (χ4n) is 1.73. The van der Waals surface area contributed by atoms with E-state index < -0.39 is 0 Å². The van der Waals surface area contributed by atoms with Gasteiger partial charge in [0, 0.05) is 19.1 Å². The van der Waals surface area contributed by atoms with Crippen LogP contribution >= 0.6 is 0 Å². The fraction of sp³-hybridized carbons (Fsp3) is 0.538. The molecule has 0 heterocycles. The van der Waals surface area contributed by atoms with Crippen LogP contribution in [0.2, 0.25) is 0 Å². The SMILES string of the molecule is CCN(Cc1ccccc1C)C(C)CN. The van der Waals surface area contributed by atoms with E-state index in [2.05, 4.69) is 49.9 Å². The van der Waals surface area contributed by atoms with Gasteiger partial charge in [-0.2, -0.15) is 0 Å². The molecular formula is C13H22N2. The first-order chi connectivity index (χ1) is 7.19. The molecule has 2 nitrogen and oxygen atoms in total. The molecular weight excluding hydrogens is 184 g/mol. The van der Waals surface area contributed by atoms with Crippen LogP contribution < -0.4 is 5.73 Å². The zero-order chi connectivity index (χ0) is 11.3. The Kier molecular flexibility index (Phi) is 4.79. The minimum absolute atomic E-state index is 0.453. The number of aryl methyl sites for hydroxylation is 1. The molecule has 1 rings (SSSR count). The Bertz CT molecular complexity index is 296. The van der Waals surface area contributed by atoms with Crippen LogP contribution in [-0.2, 0) is 6.54 Å². The fourth-order valence-corrected chi connectivity index (χ4v) is 1.73. The van der Waals surface area contributed by atoms with Gasteiger partial charge < -0.3 is 5.73 Å². The molecule has 0 aromatic heterocycles. The molecule has 0 radical (unpaired) electrons. The largest absolute Gasteiger partial charge is 0.329 e. The van der Waals surface area contributed by atoms with E-state index in [1.54, 1.807) is 0 Å². The van der Waals surface area contributed by atoms with Crippen LogP contribution in [0, 0.1) is 6.92 Å². The summed E-state index contributed by atoms with van der Waals surface area (Å²) in [5.74, 6) is 0. The van der Waals surface area contributed by atoms with Gasteiger partial charge >= 0.3 is 0 Å². The van der Waals surface area contributed by atoms with E-state index in [1.807, 2.05) is 0 Å². The molecule has 0 fully saturated rings. The number of nitrogens with two attached hydrogens (primary N) is 1. The van der Waals surface area contributed by atoms with Crippen molar-refractivity contribution >= 4 is 0 Å². The lowest BCUT2D eigenvalue weighted by Gasteiger charge is -2.27. The van der Waals surface area contributed by atoms with Gasteiger partial charge in [-0.05, 0) is 31.5 Å². The maximum Gasteiger partial charge on any atom is 0.0239 e. The Morgan fingerprint density at radius 2 is 2.00 bits per heavy atom. The summed E-state index contributed by atoms with van der Waals surface area (Å²) in [5, 5.41) is 0. The second kappa shape index (κ2) is 5.89. The third-order valence-electron chi connectivity index (χ3n) is 3.01. The lowest BCUT2D eigenvalue weighted by Crippen LogP contribution is -2.37. The zero-order valence-electron chi connectivity index (χ0n) is 10.0. The summed E-state index contributed by atoms with van der Waals surface area (Å²) in [4.78, 5) is 2.41. The lowest BCUT2D eigenvalue weighted by molar-refractivity contribution is 0.215. The molecule has 0 aliphatic heterocycles. The molecule has 0 aliphatic rings. The first kappa shape index (κ1) is 12.2. The summed E-state index contributed by atoms with van der Waals surface area (Å²) in [5.41, 5.74) is 8.46. The molecule has 0 bridgehead atoms. The third-order valence-corrected chi connectivity index (χ3v) is 3.01. The van der Waals surface area contributed by atoms with Crippen LogP contribution in [0.5, 0.6) is 0 Å². The first-order valence-electron chi connectivity index (χ1n) is 5.67. The average molecular weight is 206 g/mol. The number of rotatable bonds is 5. The highest BCUT2D eigenvalue weighted by Crippen LogP contribution is 2.11. The minimum atomic E-state index is 0.453. The van der Waals surface area contributed by atoms with Gasteiger partial charge in [-0.1, -0.05) is 31.2 Å². The van der Waals surface area contributed by atoms with Gasteiger partial charge in [-0.15, -0.1) is 0 Å². The van der Waals surface area contributed by atoms with Crippen molar-refractivity contribution in [1.29, 1.82) is 0 Å². The molecule has 0 amide bonds. The topological polar surface area (TPSA) is 29.3 Å². The summed E-state index contributed by atoms with van der Waals surface area (Å²) in [6.07, 6.45) is 0. The van der Waals surface area contributed by atoms with Crippen molar-refractivity contribution in [3.63, 3.8) is 0 Å². The number of hydrogen-bond acceptors (Lipinski definition) is 2. The molecule has 2 N–H and O–H groups in total. The Morgan fingerprint density at radius 3 is 2.53 bits per heavy atom. The average Bonchev–Trinajstić information content (AvgIpc) is 2.27. The van der Waals surface area contributed by atoms with Crippen molar-refractivity contribution in [2.75, 3.05) is 13.1 Å². The van der Waals surface area contributed by atoms with E-state index >= 15 is 0 Å². The van der Waals surface area contributed by atoms with Gasteiger partial charge in [0.1, 0.15) is 0 Å². The highest BCUT2D eigenvalue weighted by atomic mass is 15.1. The maximum absolute atomic E-state index is 5.70. The van der Waals surface area contributed by atoms with Crippen LogP contribution in [0.1, 0.15) is 25.0 Å². The van der Waals surface area contributed by atoms with Crippen LogP contribution in [0.15, 0.2) is 24.3 Å². The van der Waals surface area contributed by atoms with Crippen LogP contribution in [0.3, 0.4) is 0 Å². The minimum Gasteiger partial charge on any atom is -0.329 e. The first-order valence-corrected chi connectivity index (χ1v) is 5.67. The van der Waals surface area contributed by atoms with E-state index in [0.29, 0.717) is 6.04 Å². The van der Waals surface area contributed by atoms with E-state index in [1.165, 1.54) is 11.1 Å². The highest BCUT2D eigenvalue weighted by Gasteiger charge is 2.11. The molecule has 0 aliphatic carbocycles. The number of hydrogen-bond donors (Lipinski definition) is 1. The predicted molar refractivity (Wildman–Crippen MR) is 65.8 cm³/mol. The van der Waals surface area contributed by atoms with Crippen LogP contribution in [-0.4, -0.2) is 24.0 Å². The molecule has 84 valence electrons. The van der Waals surface area contributed by atoms with Crippen molar-refractivity contribution in [1.82, 2.24) is 4.90 Å². The molecule has 1 aromatic carbocycles. The predicted octanol–water partition coefficient (Wildman–Crippen LogP) is 2.16. The van der Waals surface area contributed by atoms with Crippen LogP contribution in [0.25, 0.3) is 0 Å². The third kappa shape index (κ3) is 3.33. The smallest absolute Gasteiger partial charge is 0.0239 e. The summed E-state index contributed by atoms with van der Waals surface area (Å²) in [6, 6.07) is 9.00. The Labute approximate surface area is 93.1 Å². The van der Waals surface area contributed by atoms with Gasteiger partial charge in [0.05, 0.1) is 0 Å². The molecule has 0 saturated carbocycles. The monoisotopic (exact) mass is 206 g/mol. The molecule has 2 heteroatoms. The Morgan fingerprint density at radius 1 is 1.33 bits per heavy atom. The molecule has 1 unspecified atom stereocenters. The van der Waals surface area contributed by atoms with E-state index in [4.69, 9.17) is 5.73 Å².